The normalized spacial score (nSPS) is 17.1. The summed E-state index contributed by atoms with van der Waals surface area (Å²) in [5.74, 6) is 0.980. The Labute approximate surface area is 89.3 Å². The van der Waals surface area contributed by atoms with Crippen molar-refractivity contribution in [1.29, 1.82) is 0 Å². The SMILES string of the molecule is CC(=O)c1cnc(CCN2CCCC2)o1. The van der Waals surface area contributed by atoms with Gasteiger partial charge in [0.15, 0.2) is 17.4 Å². The Bertz CT molecular complexity index is 340. The van der Waals surface area contributed by atoms with E-state index in [0.717, 1.165) is 13.0 Å². The van der Waals surface area contributed by atoms with Crippen LogP contribution in [0.2, 0.25) is 0 Å². The first-order valence-corrected chi connectivity index (χ1v) is 5.44. The van der Waals surface area contributed by atoms with Gasteiger partial charge in [0.1, 0.15) is 0 Å². The highest BCUT2D eigenvalue weighted by Gasteiger charge is 2.13. The summed E-state index contributed by atoms with van der Waals surface area (Å²) >= 11 is 0. The van der Waals surface area contributed by atoms with Crippen molar-refractivity contribution < 1.29 is 9.21 Å². The molecule has 0 saturated carbocycles. The molecule has 0 aliphatic carbocycles. The topological polar surface area (TPSA) is 46.3 Å². The molecule has 2 rings (SSSR count). The second-order valence-corrected chi connectivity index (χ2v) is 3.97. The van der Waals surface area contributed by atoms with E-state index in [9.17, 15) is 4.79 Å². The fraction of sp³-hybridized carbons (Fsp3) is 0.636. The Morgan fingerprint density at radius 2 is 2.27 bits per heavy atom. The number of likely N-dealkylation sites (tertiary alicyclic amines) is 1. The Kier molecular flexibility index (Phi) is 3.16. The average Bonchev–Trinajstić information content (AvgIpc) is 2.86. The van der Waals surface area contributed by atoms with Crippen LogP contribution in [0, 0.1) is 0 Å². The lowest BCUT2D eigenvalue weighted by atomic mass is 10.4. The first kappa shape index (κ1) is 10.4. The van der Waals surface area contributed by atoms with Gasteiger partial charge < -0.3 is 9.32 Å². The van der Waals surface area contributed by atoms with Crippen molar-refractivity contribution in [3.63, 3.8) is 0 Å². The third-order valence-electron chi connectivity index (χ3n) is 2.74. The first-order valence-electron chi connectivity index (χ1n) is 5.44. The molecule has 0 bridgehead atoms. The molecular weight excluding hydrogens is 192 g/mol. The first-order chi connectivity index (χ1) is 7.25. The van der Waals surface area contributed by atoms with Crippen molar-refractivity contribution in [1.82, 2.24) is 9.88 Å². The van der Waals surface area contributed by atoms with Gasteiger partial charge in [-0.25, -0.2) is 4.98 Å². The number of ketones is 1. The second kappa shape index (κ2) is 4.57. The lowest BCUT2D eigenvalue weighted by Gasteiger charge is -2.12. The van der Waals surface area contributed by atoms with Gasteiger partial charge in [-0.05, 0) is 25.9 Å². The maximum absolute atomic E-state index is 11.0. The summed E-state index contributed by atoms with van der Waals surface area (Å²) < 4.78 is 5.32. The number of hydrogen-bond acceptors (Lipinski definition) is 4. The molecule has 0 spiro atoms. The summed E-state index contributed by atoms with van der Waals surface area (Å²) in [5.41, 5.74) is 0. The molecule has 1 aliphatic heterocycles. The summed E-state index contributed by atoms with van der Waals surface area (Å²) in [6.45, 7) is 4.84. The van der Waals surface area contributed by atoms with Gasteiger partial charge in [0, 0.05) is 19.9 Å². The number of rotatable bonds is 4. The maximum Gasteiger partial charge on any atom is 0.196 e. The summed E-state index contributed by atoms with van der Waals surface area (Å²) in [6, 6.07) is 0. The summed E-state index contributed by atoms with van der Waals surface area (Å²) in [4.78, 5) is 17.5. The number of oxazole rings is 1. The van der Waals surface area contributed by atoms with E-state index < -0.39 is 0 Å². The molecule has 0 atom stereocenters. The minimum absolute atomic E-state index is 0.0603. The molecule has 1 aromatic heterocycles. The second-order valence-electron chi connectivity index (χ2n) is 3.97. The third kappa shape index (κ3) is 2.65. The van der Waals surface area contributed by atoms with Crippen LogP contribution in [0.25, 0.3) is 0 Å². The van der Waals surface area contributed by atoms with Crippen molar-refractivity contribution in [3.05, 3.63) is 17.8 Å². The molecular formula is C11H16N2O2. The molecule has 82 valence electrons. The van der Waals surface area contributed by atoms with Crippen LogP contribution in [-0.2, 0) is 6.42 Å². The monoisotopic (exact) mass is 208 g/mol. The number of carbonyl (C=O) groups excluding carboxylic acids is 1. The van der Waals surface area contributed by atoms with E-state index in [2.05, 4.69) is 9.88 Å². The fourth-order valence-corrected chi connectivity index (χ4v) is 1.85. The molecule has 0 radical (unpaired) electrons. The predicted octanol–water partition coefficient (Wildman–Crippen LogP) is 1.52. The molecule has 1 aliphatic rings. The van der Waals surface area contributed by atoms with Gasteiger partial charge in [-0.3, -0.25) is 4.79 Å². The Balaban J connectivity index is 1.84. The molecule has 0 unspecified atom stereocenters. The van der Waals surface area contributed by atoms with E-state index in [4.69, 9.17) is 4.42 Å². The van der Waals surface area contributed by atoms with Crippen LogP contribution < -0.4 is 0 Å². The van der Waals surface area contributed by atoms with Crippen LogP contribution in [0.4, 0.5) is 0 Å². The van der Waals surface area contributed by atoms with Crippen LogP contribution in [0.5, 0.6) is 0 Å². The molecule has 2 heterocycles. The molecule has 1 aromatic rings. The number of carbonyl (C=O) groups is 1. The van der Waals surface area contributed by atoms with Crippen LogP contribution >= 0.6 is 0 Å². The summed E-state index contributed by atoms with van der Waals surface area (Å²) in [5, 5.41) is 0. The van der Waals surface area contributed by atoms with Crippen LogP contribution in [0.3, 0.4) is 0 Å². The summed E-state index contributed by atoms with van der Waals surface area (Å²) in [7, 11) is 0. The highest BCUT2D eigenvalue weighted by molar-refractivity contribution is 5.90. The van der Waals surface area contributed by atoms with Gasteiger partial charge in [-0.15, -0.1) is 0 Å². The maximum atomic E-state index is 11.0. The molecule has 15 heavy (non-hydrogen) atoms. The third-order valence-corrected chi connectivity index (χ3v) is 2.74. The minimum atomic E-state index is -0.0603. The van der Waals surface area contributed by atoms with E-state index >= 15 is 0 Å². The molecule has 1 saturated heterocycles. The van der Waals surface area contributed by atoms with Crippen molar-refractivity contribution in [2.24, 2.45) is 0 Å². The Morgan fingerprint density at radius 1 is 1.53 bits per heavy atom. The van der Waals surface area contributed by atoms with Crippen molar-refractivity contribution >= 4 is 5.78 Å². The van der Waals surface area contributed by atoms with Gasteiger partial charge in [0.25, 0.3) is 0 Å². The zero-order valence-corrected chi connectivity index (χ0v) is 9.03. The predicted molar refractivity (Wildman–Crippen MR) is 55.9 cm³/mol. The zero-order valence-electron chi connectivity index (χ0n) is 9.03. The lowest BCUT2D eigenvalue weighted by molar-refractivity contribution is 0.0985. The van der Waals surface area contributed by atoms with Crippen molar-refractivity contribution in [3.8, 4) is 0 Å². The Hall–Kier alpha value is -1.16. The molecule has 4 heteroatoms. The van der Waals surface area contributed by atoms with E-state index in [1.165, 1.54) is 39.1 Å². The van der Waals surface area contributed by atoms with Gasteiger partial charge >= 0.3 is 0 Å². The quantitative estimate of drug-likeness (QED) is 0.704. The standard InChI is InChI=1S/C11H16N2O2/c1-9(14)10-8-12-11(15-10)4-7-13-5-2-3-6-13/h8H,2-7H2,1H3. The van der Waals surface area contributed by atoms with E-state index in [1.54, 1.807) is 0 Å². The van der Waals surface area contributed by atoms with Gasteiger partial charge in [-0.2, -0.15) is 0 Å². The lowest BCUT2D eigenvalue weighted by Crippen LogP contribution is -2.21. The van der Waals surface area contributed by atoms with Crippen LogP contribution in [-0.4, -0.2) is 35.3 Å². The molecule has 0 amide bonds. The fourth-order valence-electron chi connectivity index (χ4n) is 1.85. The highest BCUT2D eigenvalue weighted by atomic mass is 16.4. The average molecular weight is 208 g/mol. The smallest absolute Gasteiger partial charge is 0.196 e. The van der Waals surface area contributed by atoms with Gasteiger partial charge in [-0.1, -0.05) is 0 Å². The molecule has 0 N–H and O–H groups in total. The van der Waals surface area contributed by atoms with Gasteiger partial charge in [0.2, 0.25) is 0 Å². The number of nitrogens with zero attached hydrogens (tertiary/aromatic N) is 2. The molecule has 1 fully saturated rings. The van der Waals surface area contributed by atoms with Crippen LogP contribution in [0.1, 0.15) is 36.2 Å². The van der Waals surface area contributed by atoms with E-state index in [1.807, 2.05) is 0 Å². The van der Waals surface area contributed by atoms with Crippen molar-refractivity contribution in [2.45, 2.75) is 26.2 Å². The number of aromatic nitrogens is 1. The van der Waals surface area contributed by atoms with E-state index in [0.29, 0.717) is 11.7 Å². The minimum Gasteiger partial charge on any atom is -0.438 e. The zero-order chi connectivity index (χ0) is 10.7. The largest absolute Gasteiger partial charge is 0.438 e. The Morgan fingerprint density at radius 3 is 2.87 bits per heavy atom. The number of hydrogen-bond donors (Lipinski definition) is 0. The van der Waals surface area contributed by atoms with Crippen LogP contribution in [0.15, 0.2) is 10.6 Å². The summed E-state index contributed by atoms with van der Waals surface area (Å²) in [6.07, 6.45) is 4.91. The van der Waals surface area contributed by atoms with Crippen molar-refractivity contribution in [2.75, 3.05) is 19.6 Å². The molecule has 0 aromatic carbocycles. The number of Topliss-reactive ketones (excluding diaryl/α,β-unsaturated/α-hetero) is 1. The molecule has 4 nitrogen and oxygen atoms in total. The highest BCUT2D eigenvalue weighted by Crippen LogP contribution is 2.10. The van der Waals surface area contributed by atoms with E-state index in [-0.39, 0.29) is 5.78 Å². The van der Waals surface area contributed by atoms with Gasteiger partial charge in [0.05, 0.1) is 6.20 Å².